The molecule has 94 valence electrons. The van der Waals surface area contributed by atoms with Crippen LogP contribution in [0.25, 0.3) is 0 Å². The first-order valence-corrected chi connectivity index (χ1v) is 6.30. The van der Waals surface area contributed by atoms with E-state index >= 15 is 0 Å². The predicted molar refractivity (Wildman–Crippen MR) is 66.7 cm³/mol. The van der Waals surface area contributed by atoms with Crippen molar-refractivity contribution in [3.05, 3.63) is 39.6 Å². The van der Waals surface area contributed by atoms with Gasteiger partial charge in [-0.05, 0) is 19.1 Å². The molecule has 0 aliphatic rings. The van der Waals surface area contributed by atoms with Crippen LogP contribution in [0.15, 0.2) is 16.6 Å². The lowest BCUT2D eigenvalue weighted by atomic mass is 10.2. The van der Waals surface area contributed by atoms with Crippen LogP contribution in [-0.2, 0) is 0 Å². The number of carbonyl (C=O) groups is 1. The fourth-order valence-corrected chi connectivity index (χ4v) is 2.24. The van der Waals surface area contributed by atoms with E-state index < -0.39 is 23.1 Å². The van der Waals surface area contributed by atoms with Gasteiger partial charge in [-0.3, -0.25) is 10.1 Å². The summed E-state index contributed by atoms with van der Waals surface area (Å²) in [5.74, 6) is -2.30. The van der Waals surface area contributed by atoms with E-state index in [1.807, 2.05) is 0 Å². The molecule has 0 saturated carbocycles. The minimum Gasteiger partial charge on any atom is -0.296 e. The molecule has 0 unspecified atom stereocenters. The van der Waals surface area contributed by atoms with Crippen LogP contribution in [0.3, 0.4) is 0 Å². The van der Waals surface area contributed by atoms with Gasteiger partial charge in [0.2, 0.25) is 5.13 Å². The summed E-state index contributed by atoms with van der Waals surface area (Å²) in [4.78, 5) is 15.6. The third kappa shape index (κ3) is 2.70. The molecule has 1 amide bonds. The molecule has 0 fully saturated rings. The molecule has 0 aliphatic carbocycles. The Balaban J connectivity index is 2.29. The first-order chi connectivity index (χ1) is 8.47. The lowest BCUT2D eigenvalue weighted by Gasteiger charge is -2.04. The molecule has 0 aliphatic heterocycles. The summed E-state index contributed by atoms with van der Waals surface area (Å²) in [6.45, 7) is 1.65. The lowest BCUT2D eigenvalue weighted by molar-refractivity contribution is 0.101. The highest BCUT2D eigenvalue weighted by Crippen LogP contribution is 2.21. The van der Waals surface area contributed by atoms with Crippen LogP contribution in [0.2, 0.25) is 0 Å². The van der Waals surface area contributed by atoms with Crippen LogP contribution in [-0.4, -0.2) is 15.3 Å². The van der Waals surface area contributed by atoms with Gasteiger partial charge < -0.3 is 0 Å². The predicted octanol–water partition coefficient (Wildman–Crippen LogP) is 3.14. The largest absolute Gasteiger partial charge is 0.296 e. The Bertz CT molecular complexity index is 594. The van der Waals surface area contributed by atoms with E-state index in [-0.39, 0.29) is 9.60 Å². The van der Waals surface area contributed by atoms with Crippen molar-refractivity contribution < 1.29 is 13.6 Å². The topological polar surface area (TPSA) is 54.9 Å². The van der Waals surface area contributed by atoms with Crippen LogP contribution in [0, 0.1) is 18.6 Å². The maximum atomic E-state index is 13.5. The normalized spacial score (nSPS) is 10.4. The fourth-order valence-electron chi connectivity index (χ4n) is 1.27. The highest BCUT2D eigenvalue weighted by atomic mass is 79.9. The zero-order chi connectivity index (χ0) is 13.3. The van der Waals surface area contributed by atoms with Crippen molar-refractivity contribution in [3.8, 4) is 0 Å². The number of rotatable bonds is 2. The van der Waals surface area contributed by atoms with E-state index in [4.69, 9.17) is 0 Å². The maximum absolute atomic E-state index is 13.5. The molecular formula is C10H6BrF2N3OS. The first-order valence-electron chi connectivity index (χ1n) is 4.73. The number of hydrogen-bond acceptors (Lipinski definition) is 4. The molecule has 0 bridgehead atoms. The molecule has 2 aromatic rings. The molecular weight excluding hydrogens is 328 g/mol. The van der Waals surface area contributed by atoms with E-state index in [1.54, 1.807) is 6.92 Å². The van der Waals surface area contributed by atoms with Gasteiger partial charge in [0, 0.05) is 16.0 Å². The number of halogens is 3. The van der Waals surface area contributed by atoms with Crippen LogP contribution in [0.4, 0.5) is 13.9 Å². The summed E-state index contributed by atoms with van der Waals surface area (Å²) < 4.78 is 31.1. The zero-order valence-electron chi connectivity index (χ0n) is 9.00. The summed E-state index contributed by atoms with van der Waals surface area (Å²) in [5.41, 5.74) is -0.647. The van der Waals surface area contributed by atoms with Crippen molar-refractivity contribution in [3.63, 3.8) is 0 Å². The average molecular weight is 334 g/mol. The number of anilines is 1. The monoisotopic (exact) mass is 333 g/mol. The number of nitrogens with one attached hydrogen (secondary N) is 1. The molecule has 8 heteroatoms. The van der Waals surface area contributed by atoms with Gasteiger partial charge in [-0.25, -0.2) is 13.8 Å². The van der Waals surface area contributed by atoms with E-state index in [1.165, 1.54) is 0 Å². The van der Waals surface area contributed by atoms with Gasteiger partial charge >= 0.3 is 0 Å². The number of aryl methyl sites for hydroxylation is 1. The summed E-state index contributed by atoms with van der Waals surface area (Å²) in [6.07, 6.45) is 0. The number of amides is 1. The minimum atomic E-state index is -0.944. The molecule has 1 aromatic carbocycles. The van der Waals surface area contributed by atoms with E-state index in [0.29, 0.717) is 5.82 Å². The van der Waals surface area contributed by atoms with Gasteiger partial charge in [0.05, 0.1) is 0 Å². The Morgan fingerprint density at radius 3 is 2.50 bits per heavy atom. The standard InChI is InChI=1S/C10H6BrF2N3OS/c1-4-14-10(18-16-4)15-9(17)8-6(12)2-5(11)3-7(8)13/h2-3H,1H3,(H,14,15,16,17). The molecule has 1 heterocycles. The van der Waals surface area contributed by atoms with Crippen molar-refractivity contribution in [2.75, 3.05) is 5.32 Å². The van der Waals surface area contributed by atoms with E-state index in [2.05, 4.69) is 30.6 Å². The van der Waals surface area contributed by atoms with E-state index in [0.717, 1.165) is 23.7 Å². The van der Waals surface area contributed by atoms with Crippen molar-refractivity contribution in [1.82, 2.24) is 9.36 Å². The Hall–Kier alpha value is -1.41. The van der Waals surface area contributed by atoms with Crippen LogP contribution >= 0.6 is 27.5 Å². The smallest absolute Gasteiger partial charge is 0.263 e. The summed E-state index contributed by atoms with van der Waals surface area (Å²) >= 11 is 3.87. The van der Waals surface area contributed by atoms with Crippen molar-refractivity contribution in [1.29, 1.82) is 0 Å². The van der Waals surface area contributed by atoms with Crippen LogP contribution < -0.4 is 5.32 Å². The number of hydrogen-bond donors (Lipinski definition) is 1. The number of benzene rings is 1. The number of aromatic nitrogens is 2. The third-order valence-electron chi connectivity index (χ3n) is 1.98. The van der Waals surface area contributed by atoms with Gasteiger partial charge in [0.1, 0.15) is 23.0 Å². The lowest BCUT2D eigenvalue weighted by Crippen LogP contribution is -2.15. The quantitative estimate of drug-likeness (QED) is 0.918. The molecule has 1 N–H and O–H groups in total. The molecule has 0 spiro atoms. The Kier molecular flexibility index (Phi) is 3.67. The SMILES string of the molecule is Cc1nsc(NC(=O)c2c(F)cc(Br)cc2F)n1. The Morgan fingerprint density at radius 1 is 1.39 bits per heavy atom. The molecule has 18 heavy (non-hydrogen) atoms. The fraction of sp³-hybridized carbons (Fsp3) is 0.100. The van der Waals surface area contributed by atoms with Crippen LogP contribution in [0.1, 0.15) is 16.2 Å². The molecule has 1 aromatic heterocycles. The summed E-state index contributed by atoms with van der Waals surface area (Å²) in [5, 5.41) is 2.48. The second-order valence-electron chi connectivity index (χ2n) is 3.35. The van der Waals surface area contributed by atoms with Gasteiger partial charge in [0.25, 0.3) is 5.91 Å². The zero-order valence-corrected chi connectivity index (χ0v) is 11.4. The molecule has 2 rings (SSSR count). The highest BCUT2D eigenvalue weighted by Gasteiger charge is 2.19. The molecule has 0 saturated heterocycles. The van der Waals surface area contributed by atoms with Crippen molar-refractivity contribution in [2.24, 2.45) is 0 Å². The number of carbonyl (C=O) groups excluding carboxylic acids is 1. The van der Waals surface area contributed by atoms with Crippen LogP contribution in [0.5, 0.6) is 0 Å². The highest BCUT2D eigenvalue weighted by molar-refractivity contribution is 9.10. The first kappa shape index (κ1) is 13.0. The van der Waals surface area contributed by atoms with Gasteiger partial charge in [-0.1, -0.05) is 15.9 Å². The van der Waals surface area contributed by atoms with Crippen molar-refractivity contribution >= 4 is 38.5 Å². The van der Waals surface area contributed by atoms with Gasteiger partial charge in [-0.15, -0.1) is 0 Å². The number of nitrogens with zero attached hydrogens (tertiary/aromatic N) is 2. The van der Waals surface area contributed by atoms with Gasteiger partial charge in [0.15, 0.2) is 0 Å². The molecule has 4 nitrogen and oxygen atoms in total. The average Bonchev–Trinajstić information content (AvgIpc) is 2.62. The molecule has 0 atom stereocenters. The summed E-state index contributed by atoms with van der Waals surface area (Å²) in [7, 11) is 0. The van der Waals surface area contributed by atoms with Gasteiger partial charge in [-0.2, -0.15) is 4.37 Å². The third-order valence-corrected chi connectivity index (χ3v) is 3.16. The summed E-state index contributed by atoms with van der Waals surface area (Å²) in [6, 6.07) is 2.03. The molecule has 0 radical (unpaired) electrons. The Morgan fingerprint density at radius 2 is 2.00 bits per heavy atom. The second-order valence-corrected chi connectivity index (χ2v) is 5.01. The minimum absolute atomic E-state index is 0.194. The second kappa shape index (κ2) is 5.07. The van der Waals surface area contributed by atoms with E-state index in [9.17, 15) is 13.6 Å². The maximum Gasteiger partial charge on any atom is 0.263 e. The Labute approximate surface area is 113 Å². The van der Waals surface area contributed by atoms with Crippen molar-refractivity contribution in [2.45, 2.75) is 6.92 Å².